The van der Waals surface area contributed by atoms with E-state index in [0.29, 0.717) is 5.92 Å². The Bertz CT molecular complexity index is 350. The average molecular weight is 249 g/mol. The summed E-state index contributed by atoms with van der Waals surface area (Å²) >= 11 is 0. The van der Waals surface area contributed by atoms with Gasteiger partial charge in [-0.1, -0.05) is 0 Å². The van der Waals surface area contributed by atoms with Crippen molar-refractivity contribution in [3.8, 4) is 0 Å². The van der Waals surface area contributed by atoms with E-state index in [1.165, 1.54) is 0 Å². The zero-order chi connectivity index (χ0) is 11.9. The first kappa shape index (κ1) is 12.3. The van der Waals surface area contributed by atoms with E-state index >= 15 is 0 Å². The lowest BCUT2D eigenvalue weighted by Crippen LogP contribution is -2.45. The molecule has 0 bridgehead atoms. The molecule has 94 valence electrons. The van der Waals surface area contributed by atoms with E-state index in [-0.39, 0.29) is 23.7 Å². The van der Waals surface area contributed by atoms with Gasteiger partial charge in [0, 0.05) is 6.54 Å². The fraction of sp³-hybridized carbons (Fsp3) is 1.00. The van der Waals surface area contributed by atoms with Gasteiger partial charge < -0.3 is 10.2 Å². The average Bonchev–Trinajstić information content (AvgIpc) is 2.37. The van der Waals surface area contributed by atoms with Crippen LogP contribution >= 0.6 is 0 Å². The lowest BCUT2D eigenvalue weighted by atomic mass is 9.82. The van der Waals surface area contributed by atoms with E-state index in [1.54, 1.807) is 0 Å². The number of aliphatic hydroxyl groups excluding tert-OH is 2. The molecule has 2 rings (SSSR count). The van der Waals surface area contributed by atoms with Gasteiger partial charge in [-0.2, -0.15) is 0 Å². The van der Waals surface area contributed by atoms with E-state index in [1.807, 2.05) is 11.9 Å². The number of rotatable bonds is 3. The minimum absolute atomic E-state index is 0.0555. The third-order valence-electron chi connectivity index (χ3n) is 3.62. The van der Waals surface area contributed by atoms with Gasteiger partial charge in [0.1, 0.15) is 0 Å². The Kier molecular flexibility index (Phi) is 3.27. The highest BCUT2D eigenvalue weighted by Gasteiger charge is 2.40. The van der Waals surface area contributed by atoms with Crippen LogP contribution in [0, 0.1) is 5.92 Å². The summed E-state index contributed by atoms with van der Waals surface area (Å²) in [7, 11) is -1.22. The van der Waals surface area contributed by atoms with Crippen LogP contribution < -0.4 is 0 Å². The van der Waals surface area contributed by atoms with Crippen LogP contribution in [0.25, 0.3) is 0 Å². The van der Waals surface area contributed by atoms with Gasteiger partial charge in [0.25, 0.3) is 0 Å². The van der Waals surface area contributed by atoms with Crippen LogP contribution in [0.4, 0.5) is 0 Å². The van der Waals surface area contributed by atoms with E-state index in [2.05, 4.69) is 0 Å². The summed E-state index contributed by atoms with van der Waals surface area (Å²) in [6.07, 6.45) is 0.635. The molecule has 1 saturated heterocycles. The van der Waals surface area contributed by atoms with Gasteiger partial charge in [-0.3, -0.25) is 4.90 Å². The van der Waals surface area contributed by atoms with Crippen LogP contribution in [0.1, 0.15) is 12.8 Å². The lowest BCUT2D eigenvalue weighted by molar-refractivity contribution is 0.0122. The highest BCUT2D eigenvalue weighted by molar-refractivity contribution is 7.91. The summed E-state index contributed by atoms with van der Waals surface area (Å²) < 4.78 is 22.7. The first-order valence-corrected chi connectivity index (χ1v) is 7.46. The lowest BCUT2D eigenvalue weighted by Gasteiger charge is -2.36. The van der Waals surface area contributed by atoms with Crippen molar-refractivity contribution >= 4 is 9.84 Å². The largest absolute Gasteiger partial charge is 0.393 e. The van der Waals surface area contributed by atoms with E-state index in [4.69, 9.17) is 5.11 Å². The Hall–Kier alpha value is -0.170. The van der Waals surface area contributed by atoms with Crippen LogP contribution in [0.3, 0.4) is 0 Å². The molecule has 1 heterocycles. The van der Waals surface area contributed by atoms with Crippen LogP contribution in [-0.2, 0) is 9.84 Å². The molecular formula is C10H19NO4S. The summed E-state index contributed by atoms with van der Waals surface area (Å²) in [5.41, 5.74) is 0. The van der Waals surface area contributed by atoms with Crippen LogP contribution in [-0.4, -0.2) is 66.9 Å². The molecule has 2 unspecified atom stereocenters. The Balaban J connectivity index is 1.88. The third-order valence-corrected chi connectivity index (χ3v) is 5.32. The number of aliphatic hydroxyl groups is 2. The topological polar surface area (TPSA) is 77.8 Å². The number of hydrogen-bond acceptors (Lipinski definition) is 5. The standard InChI is InChI=1S/C10H19NO4S/c1-11(4-7-2-8(12)3-7)9-5-16(14,15)6-10(9)13/h7-10,12-13H,2-6H2,1H3. The van der Waals surface area contributed by atoms with Gasteiger partial charge in [0.15, 0.2) is 9.84 Å². The highest BCUT2D eigenvalue weighted by Crippen LogP contribution is 2.29. The maximum atomic E-state index is 11.4. The zero-order valence-electron chi connectivity index (χ0n) is 9.41. The molecule has 16 heavy (non-hydrogen) atoms. The summed E-state index contributed by atoms with van der Waals surface area (Å²) in [5.74, 6) is 0.380. The van der Waals surface area contributed by atoms with Crippen molar-refractivity contribution in [2.24, 2.45) is 5.92 Å². The Morgan fingerprint density at radius 1 is 1.25 bits per heavy atom. The normalized spacial score (nSPS) is 42.2. The molecule has 0 spiro atoms. The van der Waals surface area contributed by atoms with Crippen LogP contribution in [0.2, 0.25) is 0 Å². The molecule has 6 heteroatoms. The molecule has 2 N–H and O–H groups in total. The minimum atomic E-state index is -3.07. The highest BCUT2D eigenvalue weighted by atomic mass is 32.2. The fourth-order valence-electron chi connectivity index (χ4n) is 2.62. The van der Waals surface area contributed by atoms with Crippen molar-refractivity contribution < 1.29 is 18.6 Å². The maximum Gasteiger partial charge on any atom is 0.154 e. The molecule has 2 fully saturated rings. The smallest absolute Gasteiger partial charge is 0.154 e. The first-order chi connectivity index (χ1) is 7.37. The minimum Gasteiger partial charge on any atom is -0.393 e. The van der Waals surface area contributed by atoms with Gasteiger partial charge in [0.05, 0.1) is 29.8 Å². The van der Waals surface area contributed by atoms with E-state index < -0.39 is 15.9 Å². The van der Waals surface area contributed by atoms with E-state index in [9.17, 15) is 13.5 Å². The summed E-state index contributed by atoms with van der Waals surface area (Å²) in [4.78, 5) is 1.92. The molecule has 0 radical (unpaired) electrons. The van der Waals surface area contributed by atoms with Gasteiger partial charge in [-0.15, -0.1) is 0 Å². The molecule has 0 aromatic carbocycles. The van der Waals surface area contributed by atoms with Gasteiger partial charge in [0.2, 0.25) is 0 Å². The molecule has 5 nitrogen and oxygen atoms in total. The molecule has 0 aromatic rings. The second-order valence-electron chi connectivity index (χ2n) is 5.14. The van der Waals surface area contributed by atoms with Crippen molar-refractivity contribution in [1.82, 2.24) is 4.90 Å². The predicted octanol–water partition coefficient (Wildman–Crippen LogP) is -1.15. The van der Waals surface area contributed by atoms with Gasteiger partial charge in [-0.25, -0.2) is 8.42 Å². The van der Waals surface area contributed by atoms with Gasteiger partial charge in [-0.05, 0) is 25.8 Å². The SMILES string of the molecule is CN(CC1CC(O)C1)C1CS(=O)(=O)CC1O. The first-order valence-electron chi connectivity index (χ1n) is 5.64. The van der Waals surface area contributed by atoms with Gasteiger partial charge >= 0.3 is 0 Å². The number of likely N-dealkylation sites (N-methyl/N-ethyl adjacent to an activating group) is 1. The Morgan fingerprint density at radius 2 is 1.88 bits per heavy atom. The summed E-state index contributed by atoms with van der Waals surface area (Å²) in [6.45, 7) is 0.758. The molecule has 1 aliphatic carbocycles. The fourth-order valence-corrected chi connectivity index (χ4v) is 4.50. The van der Waals surface area contributed by atoms with Crippen molar-refractivity contribution in [1.29, 1.82) is 0 Å². The third kappa shape index (κ3) is 2.56. The molecule has 1 saturated carbocycles. The number of hydrogen-bond donors (Lipinski definition) is 2. The van der Waals surface area contributed by atoms with E-state index in [0.717, 1.165) is 19.4 Å². The monoisotopic (exact) mass is 249 g/mol. The number of sulfone groups is 1. The van der Waals surface area contributed by atoms with Crippen molar-refractivity contribution in [3.63, 3.8) is 0 Å². The molecule has 2 atom stereocenters. The van der Waals surface area contributed by atoms with Crippen LogP contribution in [0.15, 0.2) is 0 Å². The van der Waals surface area contributed by atoms with Crippen LogP contribution in [0.5, 0.6) is 0 Å². The molecule has 1 aliphatic heterocycles. The number of nitrogens with zero attached hydrogens (tertiary/aromatic N) is 1. The maximum absolute atomic E-state index is 11.4. The molecule has 0 aromatic heterocycles. The molecule has 2 aliphatic rings. The van der Waals surface area contributed by atoms with Crippen molar-refractivity contribution in [2.75, 3.05) is 25.1 Å². The second-order valence-corrected chi connectivity index (χ2v) is 7.30. The Morgan fingerprint density at radius 3 is 2.31 bits per heavy atom. The summed E-state index contributed by atoms with van der Waals surface area (Å²) in [6, 6.07) is -0.275. The van der Waals surface area contributed by atoms with Crippen molar-refractivity contribution in [3.05, 3.63) is 0 Å². The summed E-state index contributed by atoms with van der Waals surface area (Å²) in [5, 5.41) is 18.8. The molecule has 0 amide bonds. The van der Waals surface area contributed by atoms with Crippen molar-refractivity contribution in [2.45, 2.75) is 31.1 Å². The zero-order valence-corrected chi connectivity index (χ0v) is 10.2. The molecular weight excluding hydrogens is 230 g/mol. The second kappa shape index (κ2) is 4.25. The Labute approximate surface area is 96.0 Å². The quantitative estimate of drug-likeness (QED) is 0.660. The predicted molar refractivity (Wildman–Crippen MR) is 59.8 cm³/mol.